The molecule has 2 aromatic carbocycles. The Hall–Kier alpha value is -3.35. The molecule has 0 spiro atoms. The fraction of sp³-hybridized carbons (Fsp3) is 0.423. The Labute approximate surface area is 194 Å². The first-order chi connectivity index (χ1) is 15.6. The van der Waals surface area contributed by atoms with Crippen LogP contribution in [-0.4, -0.2) is 41.8 Å². The molecule has 1 aliphatic rings. The first kappa shape index (κ1) is 24.3. The zero-order chi connectivity index (χ0) is 24.2. The summed E-state index contributed by atoms with van der Waals surface area (Å²) >= 11 is 0. The molecule has 2 atom stereocenters. The number of carbonyl (C=O) groups is 3. The second-order valence-electron chi connectivity index (χ2n) is 9.69. The van der Waals surface area contributed by atoms with E-state index in [9.17, 15) is 14.4 Å². The minimum absolute atomic E-state index is 0.0558. The number of alkyl carbamates (subject to hydrolysis) is 1. The monoisotopic (exact) mass is 452 g/mol. The second-order valence-corrected chi connectivity index (χ2v) is 9.69. The van der Waals surface area contributed by atoms with E-state index in [1.165, 1.54) is 6.92 Å². The van der Waals surface area contributed by atoms with Crippen LogP contribution in [0.4, 0.5) is 4.79 Å². The molecule has 0 bridgehead atoms. The van der Waals surface area contributed by atoms with Gasteiger partial charge in [0.2, 0.25) is 5.91 Å². The minimum atomic E-state index is -1.14. The lowest BCUT2D eigenvalue weighted by molar-refractivity contribution is -0.141. The highest BCUT2D eigenvalue weighted by atomic mass is 16.5. The maximum Gasteiger partial charge on any atom is 0.407 e. The fourth-order valence-electron chi connectivity index (χ4n) is 4.00. The molecule has 0 saturated carbocycles. The highest BCUT2D eigenvalue weighted by Gasteiger charge is 2.30. The molecule has 1 aliphatic carbocycles. The molecular weight excluding hydrogens is 420 g/mol. The predicted octanol–water partition coefficient (Wildman–Crippen LogP) is 4.31. The number of fused-ring (bicyclic) bond motifs is 3. The molecular formula is C26H32N2O5. The van der Waals surface area contributed by atoms with Crippen molar-refractivity contribution in [2.45, 2.75) is 58.5 Å². The van der Waals surface area contributed by atoms with E-state index >= 15 is 0 Å². The molecule has 7 nitrogen and oxygen atoms in total. The van der Waals surface area contributed by atoms with Gasteiger partial charge in [0.1, 0.15) is 18.7 Å². The molecule has 0 aliphatic heterocycles. The molecule has 2 unspecified atom stereocenters. The van der Waals surface area contributed by atoms with E-state index in [-0.39, 0.29) is 17.9 Å². The van der Waals surface area contributed by atoms with Crippen LogP contribution in [-0.2, 0) is 14.3 Å². The third-order valence-corrected chi connectivity index (χ3v) is 5.86. The highest BCUT2D eigenvalue weighted by molar-refractivity contribution is 5.89. The van der Waals surface area contributed by atoms with E-state index in [4.69, 9.17) is 9.84 Å². The van der Waals surface area contributed by atoms with E-state index in [0.29, 0.717) is 12.8 Å². The van der Waals surface area contributed by atoms with E-state index in [0.717, 1.165) is 22.3 Å². The van der Waals surface area contributed by atoms with E-state index in [1.807, 2.05) is 57.2 Å². The summed E-state index contributed by atoms with van der Waals surface area (Å²) < 4.78 is 5.56. The lowest BCUT2D eigenvalue weighted by atomic mass is 9.88. The number of hydrogen-bond acceptors (Lipinski definition) is 4. The van der Waals surface area contributed by atoms with Crippen molar-refractivity contribution in [1.29, 1.82) is 0 Å². The summed E-state index contributed by atoms with van der Waals surface area (Å²) in [5.74, 6) is -1.77. The van der Waals surface area contributed by atoms with Crippen molar-refractivity contribution < 1.29 is 24.2 Å². The molecule has 0 saturated heterocycles. The normalized spacial score (nSPS) is 14.5. The largest absolute Gasteiger partial charge is 0.480 e. The molecule has 176 valence electrons. The van der Waals surface area contributed by atoms with E-state index in [1.54, 1.807) is 0 Å². The molecule has 0 radical (unpaired) electrons. The lowest BCUT2D eigenvalue weighted by Gasteiger charge is -2.24. The van der Waals surface area contributed by atoms with Crippen molar-refractivity contribution in [3.63, 3.8) is 0 Å². The van der Waals surface area contributed by atoms with Gasteiger partial charge in [0.15, 0.2) is 0 Å². The van der Waals surface area contributed by atoms with Crippen LogP contribution in [0.1, 0.15) is 57.6 Å². The van der Waals surface area contributed by atoms with Gasteiger partial charge in [0, 0.05) is 5.92 Å². The number of rotatable bonds is 8. The van der Waals surface area contributed by atoms with Crippen LogP contribution in [0, 0.1) is 5.41 Å². The number of aliphatic carboxylic acids is 1. The second kappa shape index (κ2) is 10.1. The molecule has 3 N–H and O–H groups in total. The zero-order valence-corrected chi connectivity index (χ0v) is 19.6. The summed E-state index contributed by atoms with van der Waals surface area (Å²) in [6, 6.07) is 14.2. The third-order valence-electron chi connectivity index (χ3n) is 5.86. The smallest absolute Gasteiger partial charge is 0.407 e. The summed E-state index contributed by atoms with van der Waals surface area (Å²) in [4.78, 5) is 36.4. The van der Waals surface area contributed by atoms with Crippen molar-refractivity contribution in [3.8, 4) is 11.1 Å². The van der Waals surface area contributed by atoms with Gasteiger partial charge in [0.25, 0.3) is 0 Å². The summed E-state index contributed by atoms with van der Waals surface area (Å²) in [7, 11) is 0. The average molecular weight is 453 g/mol. The fourth-order valence-corrected chi connectivity index (χ4v) is 4.00. The van der Waals surface area contributed by atoms with Crippen molar-refractivity contribution >= 4 is 18.0 Å². The Morgan fingerprint density at radius 3 is 2.03 bits per heavy atom. The molecule has 3 rings (SSSR count). The molecule has 2 amide bonds. The van der Waals surface area contributed by atoms with Crippen LogP contribution in [0.25, 0.3) is 11.1 Å². The molecule has 0 aromatic heterocycles. The lowest BCUT2D eigenvalue weighted by Crippen LogP contribution is -2.51. The number of ether oxygens (including phenoxy) is 1. The summed E-state index contributed by atoms with van der Waals surface area (Å²) in [6.45, 7) is 7.63. The van der Waals surface area contributed by atoms with Gasteiger partial charge in [-0.2, -0.15) is 0 Å². The molecule has 7 heteroatoms. The van der Waals surface area contributed by atoms with Crippen LogP contribution < -0.4 is 10.6 Å². The summed E-state index contributed by atoms with van der Waals surface area (Å²) in [5.41, 5.74) is 4.41. The first-order valence-electron chi connectivity index (χ1n) is 11.2. The number of nitrogens with one attached hydrogen (secondary N) is 2. The number of carboxylic acids is 1. The number of carbonyl (C=O) groups excluding carboxylic acids is 2. The van der Waals surface area contributed by atoms with Gasteiger partial charge in [-0.3, -0.25) is 9.59 Å². The van der Waals surface area contributed by atoms with Crippen LogP contribution in [0.5, 0.6) is 0 Å². The van der Waals surface area contributed by atoms with E-state index < -0.39 is 30.1 Å². The van der Waals surface area contributed by atoms with Gasteiger partial charge in [0.05, 0.1) is 0 Å². The topological polar surface area (TPSA) is 105 Å². The van der Waals surface area contributed by atoms with Gasteiger partial charge in [-0.05, 0) is 47.4 Å². The first-order valence-corrected chi connectivity index (χ1v) is 11.2. The average Bonchev–Trinajstić information content (AvgIpc) is 3.08. The Morgan fingerprint density at radius 2 is 1.52 bits per heavy atom. The number of hydrogen-bond donors (Lipinski definition) is 3. The maximum atomic E-state index is 12.7. The molecule has 0 fully saturated rings. The van der Waals surface area contributed by atoms with Crippen LogP contribution in [0.3, 0.4) is 0 Å². The zero-order valence-electron chi connectivity index (χ0n) is 19.6. The van der Waals surface area contributed by atoms with Gasteiger partial charge in [-0.25, -0.2) is 4.79 Å². The van der Waals surface area contributed by atoms with Gasteiger partial charge >= 0.3 is 12.1 Å². The van der Waals surface area contributed by atoms with Crippen molar-refractivity contribution in [2.75, 3.05) is 6.61 Å². The maximum absolute atomic E-state index is 12.7. The van der Waals surface area contributed by atoms with Gasteiger partial charge in [-0.1, -0.05) is 69.3 Å². The van der Waals surface area contributed by atoms with Crippen LogP contribution >= 0.6 is 0 Å². The van der Waals surface area contributed by atoms with Crippen molar-refractivity contribution in [2.24, 2.45) is 5.41 Å². The Morgan fingerprint density at radius 1 is 0.970 bits per heavy atom. The SMILES string of the molecule is CC(NC(=O)C(CCC(C)(C)C)NC(=O)OCC1c2ccccc2-c2ccccc21)C(=O)O. The third kappa shape index (κ3) is 6.12. The number of amides is 2. The van der Waals surface area contributed by atoms with Crippen LogP contribution in [0.2, 0.25) is 0 Å². The van der Waals surface area contributed by atoms with E-state index in [2.05, 4.69) is 22.8 Å². The minimum Gasteiger partial charge on any atom is -0.480 e. The standard InChI is InChI=1S/C26H32N2O5/c1-16(24(30)31)27-23(29)22(13-14-26(2,3)4)28-25(32)33-15-21-19-11-7-5-9-17(19)18-10-6-8-12-20(18)21/h5-12,16,21-22H,13-15H2,1-4H3,(H,27,29)(H,28,32)(H,30,31). The van der Waals surface area contributed by atoms with Gasteiger partial charge < -0.3 is 20.5 Å². The Kier molecular flexibility index (Phi) is 7.41. The Bertz CT molecular complexity index is 982. The summed E-state index contributed by atoms with van der Waals surface area (Å²) in [5, 5.41) is 14.2. The quantitative estimate of drug-likeness (QED) is 0.554. The molecule has 0 heterocycles. The summed E-state index contributed by atoms with van der Waals surface area (Å²) in [6.07, 6.45) is 0.330. The van der Waals surface area contributed by atoms with Gasteiger partial charge in [-0.15, -0.1) is 0 Å². The number of carboxylic acid groups (broad SMARTS) is 1. The molecule has 2 aromatic rings. The predicted molar refractivity (Wildman–Crippen MR) is 126 cm³/mol. The van der Waals surface area contributed by atoms with Crippen molar-refractivity contribution in [1.82, 2.24) is 10.6 Å². The number of benzene rings is 2. The Balaban J connectivity index is 1.67. The highest BCUT2D eigenvalue weighted by Crippen LogP contribution is 2.44. The molecule has 33 heavy (non-hydrogen) atoms. The van der Waals surface area contributed by atoms with Crippen LogP contribution in [0.15, 0.2) is 48.5 Å². The van der Waals surface area contributed by atoms with Crippen molar-refractivity contribution in [3.05, 3.63) is 59.7 Å².